The Bertz CT molecular complexity index is 404. The van der Waals surface area contributed by atoms with Crippen LogP contribution in [0.5, 0.6) is 0 Å². The lowest BCUT2D eigenvalue weighted by Gasteiger charge is -2.30. The van der Waals surface area contributed by atoms with Crippen molar-refractivity contribution >= 4 is 21.8 Å². The smallest absolute Gasteiger partial charge is 0.220 e. The zero-order valence-corrected chi connectivity index (χ0v) is 11.3. The Labute approximate surface area is 110 Å². The van der Waals surface area contributed by atoms with Gasteiger partial charge in [0, 0.05) is 29.4 Å². The fourth-order valence-corrected chi connectivity index (χ4v) is 2.72. The number of nitrogens with one attached hydrogen (secondary N) is 1. The first-order valence-corrected chi connectivity index (χ1v) is 6.68. The highest BCUT2D eigenvalue weighted by Gasteiger charge is 2.34. The van der Waals surface area contributed by atoms with Gasteiger partial charge in [-0.1, -0.05) is 28.1 Å². The third-order valence-corrected chi connectivity index (χ3v) is 4.03. The van der Waals surface area contributed by atoms with Crippen molar-refractivity contribution in [3.63, 3.8) is 0 Å². The second-order valence-electron chi connectivity index (χ2n) is 4.62. The number of hydrogen-bond donors (Lipinski definition) is 2. The van der Waals surface area contributed by atoms with Gasteiger partial charge in [-0.25, -0.2) is 0 Å². The molecule has 92 valence electrons. The largest absolute Gasteiger partial charge is 0.356 e. The average molecular weight is 297 g/mol. The predicted molar refractivity (Wildman–Crippen MR) is 71.7 cm³/mol. The zero-order valence-electron chi connectivity index (χ0n) is 9.71. The summed E-state index contributed by atoms with van der Waals surface area (Å²) in [6, 6.07) is 8.15. The Morgan fingerprint density at radius 2 is 2.06 bits per heavy atom. The summed E-state index contributed by atoms with van der Waals surface area (Å²) in [4.78, 5) is 11.7. The van der Waals surface area contributed by atoms with E-state index in [1.54, 1.807) is 0 Å². The highest BCUT2D eigenvalue weighted by Crippen LogP contribution is 2.34. The number of rotatable bonds is 2. The standard InChI is InChI=1S/C13H17BrN2O/c14-11-4-2-10(3-5-11)13(9-15)6-1-7-16-12(17)8-13/h2-5H,1,6-9,15H2,(H,16,17). The van der Waals surface area contributed by atoms with Crippen LogP contribution in [0.4, 0.5) is 0 Å². The molecule has 2 rings (SSSR count). The molecule has 1 aromatic rings. The summed E-state index contributed by atoms with van der Waals surface area (Å²) in [6.45, 7) is 1.28. The second-order valence-corrected chi connectivity index (χ2v) is 5.54. The molecular weight excluding hydrogens is 280 g/mol. The Morgan fingerprint density at radius 3 is 2.71 bits per heavy atom. The van der Waals surface area contributed by atoms with E-state index in [9.17, 15) is 4.79 Å². The van der Waals surface area contributed by atoms with Crippen molar-refractivity contribution in [3.05, 3.63) is 34.3 Å². The lowest BCUT2D eigenvalue weighted by molar-refractivity contribution is -0.121. The van der Waals surface area contributed by atoms with Crippen LogP contribution < -0.4 is 11.1 Å². The zero-order chi connectivity index (χ0) is 12.3. The van der Waals surface area contributed by atoms with Crippen LogP contribution in [0.2, 0.25) is 0 Å². The molecule has 3 nitrogen and oxygen atoms in total. The SMILES string of the molecule is NCC1(c2ccc(Br)cc2)CCCNC(=O)C1. The first-order valence-electron chi connectivity index (χ1n) is 5.89. The summed E-state index contributed by atoms with van der Waals surface area (Å²) in [5.74, 6) is 0.107. The van der Waals surface area contributed by atoms with Crippen molar-refractivity contribution in [1.29, 1.82) is 0 Å². The van der Waals surface area contributed by atoms with Gasteiger partial charge in [0.15, 0.2) is 0 Å². The molecule has 1 aromatic carbocycles. The minimum atomic E-state index is -0.193. The van der Waals surface area contributed by atoms with Crippen LogP contribution in [0.25, 0.3) is 0 Å². The van der Waals surface area contributed by atoms with E-state index in [1.807, 2.05) is 12.1 Å². The van der Waals surface area contributed by atoms with Crippen LogP contribution in [0.3, 0.4) is 0 Å². The molecule has 1 aliphatic heterocycles. The van der Waals surface area contributed by atoms with Crippen LogP contribution in [0.1, 0.15) is 24.8 Å². The first kappa shape index (κ1) is 12.6. The number of carbonyl (C=O) groups is 1. The maximum absolute atomic E-state index is 11.7. The van der Waals surface area contributed by atoms with Gasteiger partial charge in [-0.3, -0.25) is 4.79 Å². The fourth-order valence-electron chi connectivity index (χ4n) is 2.45. The van der Waals surface area contributed by atoms with E-state index < -0.39 is 0 Å². The Kier molecular flexibility index (Phi) is 3.84. The van der Waals surface area contributed by atoms with Crippen molar-refractivity contribution in [3.8, 4) is 0 Å². The third-order valence-electron chi connectivity index (χ3n) is 3.50. The molecule has 0 aliphatic carbocycles. The molecule has 1 heterocycles. The maximum Gasteiger partial charge on any atom is 0.220 e. The van der Waals surface area contributed by atoms with Crippen LogP contribution in [-0.2, 0) is 10.2 Å². The number of hydrogen-bond acceptors (Lipinski definition) is 2. The lowest BCUT2D eigenvalue weighted by Crippen LogP contribution is -2.37. The average Bonchev–Trinajstić information content (AvgIpc) is 2.52. The van der Waals surface area contributed by atoms with Gasteiger partial charge in [-0.05, 0) is 30.5 Å². The molecule has 0 spiro atoms. The van der Waals surface area contributed by atoms with Gasteiger partial charge in [0.1, 0.15) is 0 Å². The van der Waals surface area contributed by atoms with E-state index in [-0.39, 0.29) is 11.3 Å². The highest BCUT2D eigenvalue weighted by molar-refractivity contribution is 9.10. The van der Waals surface area contributed by atoms with Crippen molar-refractivity contribution in [2.45, 2.75) is 24.7 Å². The maximum atomic E-state index is 11.7. The molecule has 0 bridgehead atoms. The van der Waals surface area contributed by atoms with Crippen LogP contribution >= 0.6 is 15.9 Å². The molecular formula is C13H17BrN2O. The molecule has 0 radical (unpaired) electrons. The quantitative estimate of drug-likeness (QED) is 0.876. The number of nitrogens with two attached hydrogens (primary N) is 1. The van der Waals surface area contributed by atoms with Gasteiger partial charge in [0.25, 0.3) is 0 Å². The van der Waals surface area contributed by atoms with Gasteiger partial charge < -0.3 is 11.1 Å². The molecule has 1 amide bonds. The van der Waals surface area contributed by atoms with Crippen molar-refractivity contribution in [2.24, 2.45) is 5.73 Å². The Morgan fingerprint density at radius 1 is 1.35 bits per heavy atom. The predicted octanol–water partition coefficient (Wildman–Crippen LogP) is 1.95. The Hall–Kier alpha value is -0.870. The molecule has 1 fully saturated rings. The van der Waals surface area contributed by atoms with Gasteiger partial charge in [0.05, 0.1) is 0 Å². The highest BCUT2D eigenvalue weighted by atomic mass is 79.9. The Balaban J connectivity index is 2.34. The molecule has 1 atom stereocenters. The van der Waals surface area contributed by atoms with Gasteiger partial charge in [-0.2, -0.15) is 0 Å². The summed E-state index contributed by atoms with van der Waals surface area (Å²) in [5, 5.41) is 2.91. The van der Waals surface area contributed by atoms with Crippen molar-refractivity contribution in [2.75, 3.05) is 13.1 Å². The van der Waals surface area contributed by atoms with Gasteiger partial charge in [0.2, 0.25) is 5.91 Å². The topological polar surface area (TPSA) is 55.1 Å². The molecule has 0 saturated carbocycles. The number of halogens is 1. The van der Waals surface area contributed by atoms with Gasteiger partial charge >= 0.3 is 0 Å². The molecule has 17 heavy (non-hydrogen) atoms. The monoisotopic (exact) mass is 296 g/mol. The lowest BCUT2D eigenvalue weighted by atomic mass is 9.74. The molecule has 0 aromatic heterocycles. The van der Waals surface area contributed by atoms with Gasteiger partial charge in [-0.15, -0.1) is 0 Å². The van der Waals surface area contributed by atoms with E-state index in [0.29, 0.717) is 13.0 Å². The van der Waals surface area contributed by atoms with E-state index in [2.05, 4.69) is 33.4 Å². The normalized spacial score (nSPS) is 25.2. The first-order chi connectivity index (χ1) is 8.16. The minimum Gasteiger partial charge on any atom is -0.356 e. The number of benzene rings is 1. The molecule has 1 saturated heterocycles. The van der Waals surface area contributed by atoms with E-state index in [4.69, 9.17) is 5.73 Å². The molecule has 4 heteroatoms. The van der Waals surface area contributed by atoms with Crippen molar-refractivity contribution < 1.29 is 4.79 Å². The van der Waals surface area contributed by atoms with Crippen LogP contribution in [0.15, 0.2) is 28.7 Å². The van der Waals surface area contributed by atoms with Crippen LogP contribution in [-0.4, -0.2) is 19.0 Å². The fraction of sp³-hybridized carbons (Fsp3) is 0.462. The third kappa shape index (κ3) is 2.69. The van der Waals surface area contributed by atoms with E-state index in [0.717, 1.165) is 23.9 Å². The summed E-state index contributed by atoms with van der Waals surface area (Å²) in [7, 11) is 0. The molecule has 1 aliphatic rings. The number of carbonyl (C=O) groups excluding carboxylic acids is 1. The second kappa shape index (κ2) is 5.19. The summed E-state index contributed by atoms with van der Waals surface area (Å²) in [5.41, 5.74) is 6.92. The van der Waals surface area contributed by atoms with Crippen LogP contribution in [0, 0.1) is 0 Å². The summed E-state index contributed by atoms with van der Waals surface area (Å²) >= 11 is 3.43. The summed E-state index contributed by atoms with van der Waals surface area (Å²) in [6.07, 6.45) is 2.44. The minimum absolute atomic E-state index is 0.107. The molecule has 3 N–H and O–H groups in total. The number of amides is 1. The van der Waals surface area contributed by atoms with E-state index in [1.165, 1.54) is 5.56 Å². The van der Waals surface area contributed by atoms with Crippen molar-refractivity contribution in [1.82, 2.24) is 5.32 Å². The summed E-state index contributed by atoms with van der Waals surface area (Å²) < 4.78 is 1.05. The van der Waals surface area contributed by atoms with E-state index >= 15 is 0 Å². The molecule has 1 unspecified atom stereocenters.